The largest absolute Gasteiger partial charge is 0.380 e. The van der Waals surface area contributed by atoms with Crippen molar-refractivity contribution in [1.29, 1.82) is 0 Å². The third-order valence-electron chi connectivity index (χ3n) is 4.92. The highest BCUT2D eigenvalue weighted by molar-refractivity contribution is 4.87. The lowest BCUT2D eigenvalue weighted by molar-refractivity contribution is -0.237. The molecule has 0 aliphatic carbocycles. The van der Waals surface area contributed by atoms with Crippen molar-refractivity contribution in [3.63, 3.8) is 0 Å². The van der Waals surface area contributed by atoms with Crippen LogP contribution in [0, 0.1) is 10.8 Å². The van der Waals surface area contributed by atoms with Crippen molar-refractivity contribution in [1.82, 2.24) is 0 Å². The molecule has 0 bridgehead atoms. The van der Waals surface area contributed by atoms with Gasteiger partial charge in [-0.1, -0.05) is 27.0 Å². The third-order valence-corrected chi connectivity index (χ3v) is 4.92. The fraction of sp³-hybridized carbons (Fsp3) is 0.778. The molecule has 132 valence electrons. The Morgan fingerprint density at radius 3 is 1.43 bits per heavy atom. The lowest BCUT2D eigenvalue weighted by Gasteiger charge is -2.41. The van der Waals surface area contributed by atoms with Gasteiger partial charge in [0.05, 0.1) is 39.6 Å². The first kappa shape index (κ1) is 18.6. The van der Waals surface area contributed by atoms with Crippen LogP contribution < -0.4 is 0 Å². The number of ether oxygens (including phenoxy) is 5. The third kappa shape index (κ3) is 4.64. The van der Waals surface area contributed by atoms with Gasteiger partial charge in [-0.2, -0.15) is 0 Å². The molecule has 5 heteroatoms. The maximum Gasteiger partial charge on any atom is 0.176 e. The summed E-state index contributed by atoms with van der Waals surface area (Å²) in [7, 11) is 0. The van der Waals surface area contributed by atoms with Crippen LogP contribution in [0.2, 0.25) is 0 Å². The van der Waals surface area contributed by atoms with Crippen molar-refractivity contribution < 1.29 is 23.7 Å². The summed E-state index contributed by atoms with van der Waals surface area (Å²) in [5, 5.41) is 0. The van der Waals surface area contributed by atoms with Gasteiger partial charge in [-0.15, -0.1) is 0 Å². The average molecular weight is 326 g/mol. The van der Waals surface area contributed by atoms with E-state index in [0.29, 0.717) is 39.6 Å². The molecule has 0 amide bonds. The van der Waals surface area contributed by atoms with Crippen LogP contribution in [-0.4, -0.2) is 52.2 Å². The van der Waals surface area contributed by atoms with Crippen LogP contribution in [0.1, 0.15) is 26.7 Å². The van der Waals surface area contributed by atoms with Crippen LogP contribution in [0.15, 0.2) is 25.3 Å². The summed E-state index contributed by atoms with van der Waals surface area (Å²) in [5.74, 6) is 0. The maximum absolute atomic E-state index is 6.07. The second kappa shape index (κ2) is 8.40. The van der Waals surface area contributed by atoms with Gasteiger partial charge in [0.15, 0.2) is 12.6 Å². The molecule has 0 radical (unpaired) electrons. The van der Waals surface area contributed by atoms with Crippen molar-refractivity contribution in [2.45, 2.75) is 39.3 Å². The molecule has 23 heavy (non-hydrogen) atoms. The Kier molecular flexibility index (Phi) is 6.80. The molecule has 2 aliphatic rings. The average Bonchev–Trinajstić information content (AvgIpc) is 2.63. The van der Waals surface area contributed by atoms with Crippen LogP contribution in [0.25, 0.3) is 0 Å². The highest BCUT2D eigenvalue weighted by Crippen LogP contribution is 2.32. The van der Waals surface area contributed by atoms with Gasteiger partial charge in [0.25, 0.3) is 0 Å². The Hall–Kier alpha value is -0.720. The van der Waals surface area contributed by atoms with E-state index in [1.165, 1.54) is 0 Å². The molecule has 0 atom stereocenters. The normalized spacial score (nSPS) is 38.2. The Labute approximate surface area is 139 Å². The molecule has 2 heterocycles. The van der Waals surface area contributed by atoms with Crippen LogP contribution >= 0.6 is 0 Å². The fourth-order valence-corrected chi connectivity index (χ4v) is 2.75. The predicted octanol–water partition coefficient (Wildman–Crippen LogP) is 2.91. The van der Waals surface area contributed by atoms with E-state index in [4.69, 9.17) is 23.7 Å². The molecule has 0 N–H and O–H groups in total. The Balaban J connectivity index is 1.82. The van der Waals surface area contributed by atoms with Crippen LogP contribution in [0.5, 0.6) is 0 Å². The summed E-state index contributed by atoms with van der Waals surface area (Å²) < 4.78 is 28.8. The molecular weight excluding hydrogens is 296 g/mol. The fourth-order valence-electron chi connectivity index (χ4n) is 2.75. The summed E-state index contributed by atoms with van der Waals surface area (Å²) in [6, 6.07) is 0. The quantitative estimate of drug-likeness (QED) is 0.642. The van der Waals surface area contributed by atoms with E-state index in [1.807, 2.05) is 0 Å². The monoisotopic (exact) mass is 326 g/mol. The molecule has 0 saturated carbocycles. The minimum absolute atomic E-state index is 0.0888. The Morgan fingerprint density at radius 2 is 1.17 bits per heavy atom. The number of hydrogen-bond donors (Lipinski definition) is 0. The van der Waals surface area contributed by atoms with E-state index >= 15 is 0 Å². The molecular formula is C18H30O5. The van der Waals surface area contributed by atoms with Crippen molar-refractivity contribution >= 4 is 0 Å². The van der Waals surface area contributed by atoms with E-state index < -0.39 is 0 Å². The van der Waals surface area contributed by atoms with Gasteiger partial charge in [-0.3, -0.25) is 0 Å². The zero-order valence-corrected chi connectivity index (χ0v) is 14.4. The van der Waals surface area contributed by atoms with Gasteiger partial charge in [0.2, 0.25) is 0 Å². The van der Waals surface area contributed by atoms with E-state index in [2.05, 4.69) is 27.0 Å². The van der Waals surface area contributed by atoms with Crippen LogP contribution in [-0.2, 0) is 23.7 Å². The molecule has 2 saturated heterocycles. The smallest absolute Gasteiger partial charge is 0.176 e. The maximum atomic E-state index is 6.07. The molecule has 0 aromatic heterocycles. The van der Waals surface area contributed by atoms with E-state index in [9.17, 15) is 0 Å². The summed E-state index contributed by atoms with van der Waals surface area (Å²) in [6.45, 7) is 15.4. The highest BCUT2D eigenvalue weighted by Gasteiger charge is 2.38. The van der Waals surface area contributed by atoms with Crippen molar-refractivity contribution in [3.8, 4) is 0 Å². The number of rotatable bonds is 8. The Morgan fingerprint density at radius 1 is 0.826 bits per heavy atom. The molecule has 2 fully saturated rings. The first-order valence-corrected chi connectivity index (χ1v) is 8.40. The standard InChI is InChI=1S/C18H30O5/c1-5-15-20-11-17(7-3,12-21-15)9-19-10-18(8-4)13-22-16(6-2)23-14-18/h5-6,15-16H,1-2,7-14H2,3-4H3. The first-order valence-electron chi connectivity index (χ1n) is 8.40. The summed E-state index contributed by atoms with van der Waals surface area (Å²) >= 11 is 0. The minimum atomic E-state index is -0.298. The molecule has 0 spiro atoms. The molecule has 0 unspecified atom stereocenters. The zero-order chi connectivity index (χ0) is 16.8. The van der Waals surface area contributed by atoms with Gasteiger partial charge >= 0.3 is 0 Å². The van der Waals surface area contributed by atoms with Gasteiger partial charge in [-0.25, -0.2) is 0 Å². The van der Waals surface area contributed by atoms with Crippen LogP contribution in [0.4, 0.5) is 0 Å². The van der Waals surface area contributed by atoms with Gasteiger partial charge in [-0.05, 0) is 25.0 Å². The Bertz CT molecular complexity index is 343. The van der Waals surface area contributed by atoms with E-state index in [0.717, 1.165) is 12.8 Å². The molecule has 5 nitrogen and oxygen atoms in total. The predicted molar refractivity (Wildman–Crippen MR) is 88.0 cm³/mol. The van der Waals surface area contributed by atoms with Crippen molar-refractivity contribution in [2.75, 3.05) is 39.6 Å². The first-order chi connectivity index (χ1) is 11.1. The zero-order valence-electron chi connectivity index (χ0n) is 14.4. The summed E-state index contributed by atoms with van der Waals surface area (Å²) in [6.07, 6.45) is 4.65. The molecule has 0 aromatic carbocycles. The lowest BCUT2D eigenvalue weighted by atomic mass is 9.85. The SMILES string of the molecule is C=CC1OCC(CC)(COCC2(CC)COC(C=C)OC2)CO1. The molecule has 0 aromatic rings. The second-order valence-electron chi connectivity index (χ2n) is 6.65. The van der Waals surface area contributed by atoms with Gasteiger partial charge in [0.1, 0.15) is 0 Å². The minimum Gasteiger partial charge on any atom is -0.380 e. The topological polar surface area (TPSA) is 46.2 Å². The second-order valence-corrected chi connectivity index (χ2v) is 6.65. The summed E-state index contributed by atoms with van der Waals surface area (Å²) in [4.78, 5) is 0. The van der Waals surface area contributed by atoms with Crippen molar-refractivity contribution in [2.24, 2.45) is 10.8 Å². The lowest BCUT2D eigenvalue weighted by Crippen LogP contribution is -2.47. The number of hydrogen-bond acceptors (Lipinski definition) is 5. The van der Waals surface area contributed by atoms with Gasteiger partial charge < -0.3 is 23.7 Å². The molecule has 2 aliphatic heterocycles. The van der Waals surface area contributed by atoms with Crippen molar-refractivity contribution in [3.05, 3.63) is 25.3 Å². The van der Waals surface area contributed by atoms with Gasteiger partial charge in [0, 0.05) is 10.8 Å². The van der Waals surface area contributed by atoms with E-state index in [1.54, 1.807) is 12.2 Å². The summed E-state index contributed by atoms with van der Waals surface area (Å²) in [5.41, 5.74) is -0.178. The highest BCUT2D eigenvalue weighted by atomic mass is 16.7. The van der Waals surface area contributed by atoms with Crippen LogP contribution in [0.3, 0.4) is 0 Å². The van der Waals surface area contributed by atoms with E-state index in [-0.39, 0.29) is 23.4 Å². The molecule has 2 rings (SSSR count).